The highest BCUT2D eigenvalue weighted by Gasteiger charge is 2.09. The molecule has 3 rings (SSSR count). The number of amides is 1. The molecule has 6 heteroatoms. The summed E-state index contributed by atoms with van der Waals surface area (Å²) < 4.78 is 4.99. The fraction of sp³-hybridized carbons (Fsp3) is 0.0476. The molecule has 0 atom stereocenters. The van der Waals surface area contributed by atoms with Crippen LogP contribution >= 0.6 is 23.1 Å². The lowest BCUT2D eigenvalue weighted by Crippen LogP contribution is -2.20. The van der Waals surface area contributed by atoms with E-state index in [1.807, 2.05) is 72.1 Å². The van der Waals surface area contributed by atoms with E-state index in [9.17, 15) is 9.59 Å². The lowest BCUT2D eigenvalue weighted by molar-refractivity contribution is -0.142. The van der Waals surface area contributed by atoms with Crippen LogP contribution in [0.2, 0.25) is 0 Å². The predicted molar refractivity (Wildman–Crippen MR) is 110 cm³/mol. The lowest BCUT2D eigenvalue weighted by atomic mass is 10.3. The molecule has 0 spiro atoms. The minimum Gasteiger partial charge on any atom is -0.452 e. The van der Waals surface area contributed by atoms with Crippen LogP contribution in [0.3, 0.4) is 0 Å². The Labute approximate surface area is 165 Å². The van der Waals surface area contributed by atoms with E-state index in [0.717, 1.165) is 14.7 Å². The van der Waals surface area contributed by atoms with E-state index < -0.39 is 5.97 Å². The first-order valence-corrected chi connectivity index (χ1v) is 9.90. The second-order valence-corrected chi connectivity index (χ2v) is 7.51. The van der Waals surface area contributed by atoms with Gasteiger partial charge >= 0.3 is 5.97 Å². The van der Waals surface area contributed by atoms with E-state index in [1.54, 1.807) is 17.8 Å². The van der Waals surface area contributed by atoms with Gasteiger partial charge in [0.15, 0.2) is 6.61 Å². The maximum Gasteiger partial charge on any atom is 0.331 e. The third kappa shape index (κ3) is 6.13. The molecule has 1 aromatic heterocycles. The molecule has 2 aromatic carbocycles. The van der Waals surface area contributed by atoms with E-state index in [2.05, 4.69) is 5.32 Å². The van der Waals surface area contributed by atoms with Crippen molar-refractivity contribution in [3.63, 3.8) is 0 Å². The van der Waals surface area contributed by atoms with Crippen molar-refractivity contribution in [1.82, 2.24) is 0 Å². The third-order valence-electron chi connectivity index (χ3n) is 3.40. The summed E-state index contributed by atoms with van der Waals surface area (Å²) in [6.45, 7) is -0.335. The number of rotatable bonds is 7. The van der Waals surface area contributed by atoms with Crippen LogP contribution in [0.15, 0.2) is 88.0 Å². The number of carbonyl (C=O) groups excluding carboxylic acids is 2. The minimum atomic E-state index is -0.550. The predicted octanol–water partition coefficient (Wildman–Crippen LogP) is 5.09. The van der Waals surface area contributed by atoms with Gasteiger partial charge in [-0.05, 0) is 41.8 Å². The van der Waals surface area contributed by atoms with Crippen LogP contribution in [0.4, 0.5) is 5.69 Å². The van der Waals surface area contributed by atoms with Crippen LogP contribution in [-0.4, -0.2) is 18.5 Å². The Morgan fingerprint density at radius 3 is 2.56 bits per heavy atom. The first-order chi connectivity index (χ1) is 13.2. The molecule has 0 unspecified atom stereocenters. The summed E-state index contributed by atoms with van der Waals surface area (Å²) in [6, 6.07) is 21.2. The SMILES string of the molecule is O=C(COC(=O)/C=C/c1cccs1)Nc1ccccc1Sc1ccccc1. The van der Waals surface area contributed by atoms with Gasteiger partial charge in [-0.25, -0.2) is 4.79 Å². The second-order valence-electron chi connectivity index (χ2n) is 5.42. The van der Waals surface area contributed by atoms with Gasteiger partial charge in [-0.1, -0.05) is 48.2 Å². The van der Waals surface area contributed by atoms with E-state index >= 15 is 0 Å². The Morgan fingerprint density at radius 1 is 1.00 bits per heavy atom. The van der Waals surface area contributed by atoms with Crippen LogP contribution in [0.25, 0.3) is 6.08 Å². The number of hydrogen-bond donors (Lipinski definition) is 1. The summed E-state index contributed by atoms with van der Waals surface area (Å²) in [5.41, 5.74) is 0.682. The molecule has 0 saturated carbocycles. The molecule has 4 nitrogen and oxygen atoms in total. The molecule has 1 heterocycles. The van der Waals surface area contributed by atoms with E-state index in [0.29, 0.717) is 5.69 Å². The number of anilines is 1. The lowest BCUT2D eigenvalue weighted by Gasteiger charge is -2.10. The van der Waals surface area contributed by atoms with Crippen molar-refractivity contribution in [3.05, 3.63) is 83.1 Å². The Kier molecular flexibility index (Phi) is 6.84. The summed E-state index contributed by atoms with van der Waals surface area (Å²) in [5, 5.41) is 4.72. The highest BCUT2D eigenvalue weighted by molar-refractivity contribution is 7.99. The number of nitrogens with one attached hydrogen (secondary N) is 1. The van der Waals surface area contributed by atoms with Crippen molar-refractivity contribution in [2.45, 2.75) is 9.79 Å². The van der Waals surface area contributed by atoms with Gasteiger partial charge in [-0.3, -0.25) is 4.79 Å². The average molecular weight is 396 g/mol. The Morgan fingerprint density at radius 2 is 1.78 bits per heavy atom. The number of para-hydroxylation sites is 1. The summed E-state index contributed by atoms with van der Waals surface area (Å²) >= 11 is 3.07. The van der Waals surface area contributed by atoms with Crippen LogP contribution in [-0.2, 0) is 14.3 Å². The fourth-order valence-corrected chi connectivity index (χ4v) is 3.72. The zero-order chi connectivity index (χ0) is 18.9. The van der Waals surface area contributed by atoms with Gasteiger partial charge in [0, 0.05) is 20.7 Å². The first kappa shape index (κ1) is 18.9. The molecule has 3 aromatic rings. The van der Waals surface area contributed by atoms with E-state index in [-0.39, 0.29) is 12.5 Å². The maximum absolute atomic E-state index is 12.1. The molecular formula is C21H17NO3S2. The zero-order valence-electron chi connectivity index (χ0n) is 14.3. The number of esters is 1. The van der Waals surface area contributed by atoms with E-state index in [1.165, 1.54) is 17.4 Å². The van der Waals surface area contributed by atoms with Gasteiger partial charge in [0.05, 0.1) is 5.69 Å². The van der Waals surface area contributed by atoms with Crippen LogP contribution in [0.1, 0.15) is 4.88 Å². The van der Waals surface area contributed by atoms with E-state index in [4.69, 9.17) is 4.74 Å². The minimum absolute atomic E-state index is 0.335. The topological polar surface area (TPSA) is 55.4 Å². The second kappa shape index (κ2) is 9.75. The standard InChI is InChI=1S/C21H17NO3S2/c23-20(15-25-21(24)13-12-16-9-6-14-26-16)22-18-10-4-5-11-19(18)27-17-7-2-1-3-8-17/h1-14H,15H2,(H,22,23)/b13-12+. The summed E-state index contributed by atoms with van der Waals surface area (Å²) in [5.74, 6) is -0.931. The number of carbonyl (C=O) groups is 2. The van der Waals surface area contributed by atoms with Crippen LogP contribution < -0.4 is 5.32 Å². The molecule has 0 radical (unpaired) electrons. The first-order valence-electron chi connectivity index (χ1n) is 8.21. The van der Waals surface area contributed by atoms with Gasteiger partial charge in [0.1, 0.15) is 0 Å². The van der Waals surface area contributed by atoms with Crippen LogP contribution in [0, 0.1) is 0 Å². The number of ether oxygens (including phenoxy) is 1. The van der Waals surface area contributed by atoms with Gasteiger partial charge in [0.2, 0.25) is 0 Å². The smallest absolute Gasteiger partial charge is 0.331 e. The molecule has 136 valence electrons. The Bertz CT molecular complexity index is 922. The van der Waals surface area contributed by atoms with Crippen molar-refractivity contribution < 1.29 is 14.3 Å². The molecule has 0 saturated heterocycles. The average Bonchev–Trinajstić information content (AvgIpc) is 3.21. The van der Waals surface area contributed by atoms with Gasteiger partial charge in [0.25, 0.3) is 5.91 Å². The number of thiophene rings is 1. The maximum atomic E-state index is 12.1. The van der Waals surface area contributed by atoms with Gasteiger partial charge in [-0.15, -0.1) is 11.3 Å². The summed E-state index contributed by atoms with van der Waals surface area (Å²) in [4.78, 5) is 26.8. The van der Waals surface area contributed by atoms with Gasteiger partial charge in [-0.2, -0.15) is 0 Å². The van der Waals surface area contributed by atoms with Crippen molar-refractivity contribution in [3.8, 4) is 0 Å². The molecule has 0 aliphatic rings. The monoisotopic (exact) mass is 395 g/mol. The number of benzene rings is 2. The molecular weight excluding hydrogens is 378 g/mol. The Balaban J connectivity index is 1.54. The molecule has 27 heavy (non-hydrogen) atoms. The largest absolute Gasteiger partial charge is 0.452 e. The highest BCUT2D eigenvalue weighted by Crippen LogP contribution is 2.33. The molecule has 0 aliphatic carbocycles. The van der Waals surface area contributed by atoms with Crippen molar-refractivity contribution in [2.75, 3.05) is 11.9 Å². The molecule has 1 amide bonds. The summed E-state index contributed by atoms with van der Waals surface area (Å²) in [6.07, 6.45) is 2.98. The van der Waals surface area contributed by atoms with Crippen LogP contribution in [0.5, 0.6) is 0 Å². The van der Waals surface area contributed by atoms with Gasteiger partial charge < -0.3 is 10.1 Å². The molecule has 0 aliphatic heterocycles. The molecule has 0 bridgehead atoms. The number of hydrogen-bond acceptors (Lipinski definition) is 5. The Hall–Kier alpha value is -2.83. The molecule has 0 fully saturated rings. The zero-order valence-corrected chi connectivity index (χ0v) is 16.0. The van der Waals surface area contributed by atoms with Crippen molar-refractivity contribution in [1.29, 1.82) is 0 Å². The van der Waals surface area contributed by atoms with Crippen molar-refractivity contribution >= 4 is 46.7 Å². The highest BCUT2D eigenvalue weighted by atomic mass is 32.2. The normalized spacial score (nSPS) is 10.7. The molecule has 1 N–H and O–H groups in total. The third-order valence-corrected chi connectivity index (χ3v) is 5.33. The fourth-order valence-electron chi connectivity index (χ4n) is 2.18. The summed E-state index contributed by atoms with van der Waals surface area (Å²) in [7, 11) is 0. The van der Waals surface area contributed by atoms with Crippen molar-refractivity contribution in [2.24, 2.45) is 0 Å². The quantitative estimate of drug-likeness (QED) is 0.447.